The largest absolute Gasteiger partial charge is 0.397 e. The second kappa shape index (κ2) is 4.94. The Morgan fingerprint density at radius 2 is 2.00 bits per heavy atom. The predicted octanol–water partition coefficient (Wildman–Crippen LogP) is 4.40. The van der Waals surface area contributed by atoms with Gasteiger partial charge in [0.15, 0.2) is 0 Å². The summed E-state index contributed by atoms with van der Waals surface area (Å²) in [5, 5.41) is 8.25. The van der Waals surface area contributed by atoms with Crippen molar-refractivity contribution in [3.63, 3.8) is 0 Å². The Labute approximate surface area is 116 Å². The van der Waals surface area contributed by atoms with Gasteiger partial charge in [0.05, 0.1) is 17.9 Å². The summed E-state index contributed by atoms with van der Waals surface area (Å²) in [6, 6.07) is 14.6. The van der Waals surface area contributed by atoms with E-state index in [4.69, 9.17) is 5.73 Å². The van der Waals surface area contributed by atoms with Crippen LogP contribution in [0.5, 0.6) is 0 Å². The first kappa shape index (κ1) is 12.1. The molecule has 1 heterocycles. The number of nitrogens with two attached hydrogens (primary N) is 1. The summed E-state index contributed by atoms with van der Waals surface area (Å²) in [7, 11) is 0. The number of aryl methyl sites for hydroxylation is 1. The molecule has 0 radical (unpaired) electrons. The topological polar surface area (TPSA) is 38.0 Å². The predicted molar refractivity (Wildman–Crippen MR) is 84.7 cm³/mol. The van der Waals surface area contributed by atoms with Gasteiger partial charge >= 0.3 is 0 Å². The number of rotatable bonds is 3. The van der Waals surface area contributed by atoms with Crippen LogP contribution in [0.2, 0.25) is 0 Å². The van der Waals surface area contributed by atoms with E-state index >= 15 is 0 Å². The molecule has 19 heavy (non-hydrogen) atoms. The monoisotopic (exact) mass is 268 g/mol. The molecule has 0 aliphatic rings. The zero-order valence-electron chi connectivity index (χ0n) is 10.8. The fourth-order valence-corrected chi connectivity index (χ4v) is 3.15. The van der Waals surface area contributed by atoms with Crippen molar-refractivity contribution in [3.8, 4) is 0 Å². The number of anilines is 2. The van der Waals surface area contributed by atoms with Crippen LogP contribution in [0.4, 0.5) is 11.4 Å². The molecule has 2 nitrogen and oxygen atoms in total. The van der Waals surface area contributed by atoms with E-state index < -0.39 is 0 Å². The van der Waals surface area contributed by atoms with E-state index in [9.17, 15) is 0 Å². The van der Waals surface area contributed by atoms with E-state index in [0.29, 0.717) is 0 Å². The molecular weight excluding hydrogens is 252 g/mol. The summed E-state index contributed by atoms with van der Waals surface area (Å²) in [6.07, 6.45) is 0. The maximum atomic E-state index is 6.01. The van der Waals surface area contributed by atoms with Gasteiger partial charge in [0, 0.05) is 4.88 Å². The number of hydrogen-bond acceptors (Lipinski definition) is 3. The lowest BCUT2D eigenvalue weighted by molar-refractivity contribution is 1.20. The normalized spacial score (nSPS) is 10.8. The highest BCUT2D eigenvalue weighted by atomic mass is 32.1. The molecule has 0 fully saturated rings. The number of thiophene rings is 1. The summed E-state index contributed by atoms with van der Waals surface area (Å²) in [5.74, 6) is 0. The number of nitrogens with one attached hydrogen (secondary N) is 1. The Bertz CT molecular complexity index is 716. The van der Waals surface area contributed by atoms with Gasteiger partial charge in [0.25, 0.3) is 0 Å². The van der Waals surface area contributed by atoms with E-state index in [2.05, 4.69) is 41.0 Å². The number of fused-ring (bicyclic) bond motifs is 1. The molecule has 0 amide bonds. The summed E-state index contributed by atoms with van der Waals surface area (Å²) in [4.78, 5) is 1.34. The molecule has 1 aromatic heterocycles. The third kappa shape index (κ3) is 2.42. The summed E-state index contributed by atoms with van der Waals surface area (Å²) < 4.78 is 0. The number of nitrogen functional groups attached to an aromatic ring is 1. The van der Waals surface area contributed by atoms with Crippen molar-refractivity contribution in [2.24, 2.45) is 0 Å². The molecule has 0 aliphatic heterocycles. The minimum absolute atomic E-state index is 0.806. The Morgan fingerprint density at radius 3 is 2.84 bits per heavy atom. The summed E-state index contributed by atoms with van der Waals surface area (Å²) in [6.45, 7) is 2.86. The number of hydrogen-bond donors (Lipinski definition) is 2. The Morgan fingerprint density at radius 1 is 1.16 bits per heavy atom. The van der Waals surface area contributed by atoms with E-state index in [1.807, 2.05) is 19.1 Å². The van der Waals surface area contributed by atoms with Crippen LogP contribution in [0, 0.1) is 6.92 Å². The van der Waals surface area contributed by atoms with Gasteiger partial charge in [-0.3, -0.25) is 0 Å². The smallest absolute Gasteiger partial charge is 0.0577 e. The molecule has 3 rings (SSSR count). The van der Waals surface area contributed by atoms with E-state index in [-0.39, 0.29) is 0 Å². The van der Waals surface area contributed by atoms with E-state index in [0.717, 1.165) is 17.9 Å². The van der Waals surface area contributed by atoms with Gasteiger partial charge in [-0.25, -0.2) is 0 Å². The molecule has 0 saturated carbocycles. The first-order valence-electron chi connectivity index (χ1n) is 6.29. The van der Waals surface area contributed by atoms with Gasteiger partial charge < -0.3 is 11.1 Å². The SMILES string of the molecule is Cc1ccc(NCc2scc3ccccc23)c(N)c1. The van der Waals surface area contributed by atoms with E-state index in [1.165, 1.54) is 21.2 Å². The zero-order chi connectivity index (χ0) is 13.2. The quantitative estimate of drug-likeness (QED) is 0.691. The summed E-state index contributed by atoms with van der Waals surface area (Å²) >= 11 is 1.79. The lowest BCUT2D eigenvalue weighted by atomic mass is 10.1. The molecule has 0 spiro atoms. The van der Waals surface area contributed by atoms with Crippen molar-refractivity contribution in [2.75, 3.05) is 11.1 Å². The lowest BCUT2D eigenvalue weighted by Crippen LogP contribution is -2.01. The fourth-order valence-electron chi connectivity index (χ4n) is 2.21. The maximum Gasteiger partial charge on any atom is 0.0577 e. The van der Waals surface area contributed by atoms with Crippen LogP contribution >= 0.6 is 11.3 Å². The Hall–Kier alpha value is -2.00. The van der Waals surface area contributed by atoms with Crippen molar-refractivity contribution in [2.45, 2.75) is 13.5 Å². The Kier molecular flexibility index (Phi) is 3.13. The highest BCUT2D eigenvalue weighted by Crippen LogP contribution is 2.27. The van der Waals surface area contributed by atoms with Gasteiger partial charge in [0.1, 0.15) is 0 Å². The molecule has 3 N–H and O–H groups in total. The first-order valence-corrected chi connectivity index (χ1v) is 7.17. The van der Waals surface area contributed by atoms with Crippen molar-refractivity contribution >= 4 is 33.5 Å². The van der Waals surface area contributed by atoms with Gasteiger partial charge in [0.2, 0.25) is 0 Å². The fraction of sp³-hybridized carbons (Fsp3) is 0.125. The highest BCUT2D eigenvalue weighted by molar-refractivity contribution is 7.11. The van der Waals surface area contributed by atoms with Crippen molar-refractivity contribution in [1.29, 1.82) is 0 Å². The highest BCUT2D eigenvalue weighted by Gasteiger charge is 2.04. The number of benzene rings is 2. The van der Waals surface area contributed by atoms with Crippen LogP contribution in [-0.2, 0) is 6.54 Å². The van der Waals surface area contributed by atoms with Crippen LogP contribution in [0.15, 0.2) is 47.8 Å². The third-order valence-corrected chi connectivity index (χ3v) is 4.26. The molecule has 0 aliphatic carbocycles. The van der Waals surface area contributed by atoms with Gasteiger partial charge in [-0.2, -0.15) is 0 Å². The van der Waals surface area contributed by atoms with Crippen molar-refractivity contribution in [3.05, 3.63) is 58.3 Å². The molecule has 0 saturated heterocycles. The average Bonchev–Trinajstić information content (AvgIpc) is 2.81. The minimum Gasteiger partial charge on any atom is -0.397 e. The van der Waals surface area contributed by atoms with Crippen LogP contribution in [0.25, 0.3) is 10.8 Å². The molecule has 96 valence electrons. The molecule has 0 bridgehead atoms. The Balaban J connectivity index is 1.82. The third-order valence-electron chi connectivity index (χ3n) is 3.24. The average molecular weight is 268 g/mol. The van der Waals surface area contributed by atoms with Crippen LogP contribution in [-0.4, -0.2) is 0 Å². The molecule has 0 atom stereocenters. The van der Waals surface area contributed by atoms with Crippen molar-refractivity contribution < 1.29 is 0 Å². The molecule has 0 unspecified atom stereocenters. The zero-order valence-corrected chi connectivity index (χ0v) is 11.6. The second-order valence-electron chi connectivity index (χ2n) is 4.69. The molecule has 2 aromatic carbocycles. The summed E-state index contributed by atoms with van der Waals surface area (Å²) in [5.41, 5.74) is 9.01. The maximum absolute atomic E-state index is 6.01. The second-order valence-corrected chi connectivity index (χ2v) is 5.65. The van der Waals surface area contributed by atoms with Crippen LogP contribution in [0.1, 0.15) is 10.4 Å². The first-order chi connectivity index (χ1) is 9.24. The molecular formula is C16H16N2S. The van der Waals surface area contributed by atoms with Gasteiger partial charge in [-0.05, 0) is 40.8 Å². The lowest BCUT2D eigenvalue weighted by Gasteiger charge is -2.09. The molecule has 3 heteroatoms. The van der Waals surface area contributed by atoms with E-state index in [1.54, 1.807) is 11.3 Å². The standard InChI is InChI=1S/C16H16N2S/c1-11-6-7-15(14(17)8-11)18-9-16-13-5-3-2-4-12(13)10-19-16/h2-8,10,18H,9,17H2,1H3. The van der Waals surface area contributed by atoms with Gasteiger partial charge in [-0.15, -0.1) is 11.3 Å². The minimum atomic E-state index is 0.806. The van der Waals surface area contributed by atoms with Gasteiger partial charge in [-0.1, -0.05) is 30.3 Å². The van der Waals surface area contributed by atoms with Crippen LogP contribution in [0.3, 0.4) is 0 Å². The molecule has 3 aromatic rings. The van der Waals surface area contributed by atoms with Crippen LogP contribution < -0.4 is 11.1 Å². The van der Waals surface area contributed by atoms with Crippen molar-refractivity contribution in [1.82, 2.24) is 0 Å².